The van der Waals surface area contributed by atoms with Gasteiger partial charge in [0.05, 0.1) is 6.54 Å². The number of hydrogen-bond donors (Lipinski definition) is 1. The number of imidazole rings is 1. The maximum Gasteiger partial charge on any atom is 0.222 e. The normalized spacial score (nSPS) is 26.4. The Bertz CT molecular complexity index is 513. The molecule has 0 radical (unpaired) electrons. The number of amides is 1. The highest BCUT2D eigenvalue weighted by Gasteiger charge is 2.41. The van der Waals surface area contributed by atoms with Crippen LogP contribution >= 0.6 is 0 Å². The zero-order valence-corrected chi connectivity index (χ0v) is 14.6. The van der Waals surface area contributed by atoms with E-state index >= 15 is 0 Å². The minimum atomic E-state index is 0.301. The number of carbonyl (C=O) groups is 1. The van der Waals surface area contributed by atoms with Crippen molar-refractivity contribution in [2.75, 3.05) is 26.2 Å². The van der Waals surface area contributed by atoms with Gasteiger partial charge in [-0.2, -0.15) is 0 Å². The van der Waals surface area contributed by atoms with Crippen LogP contribution in [0.15, 0.2) is 12.4 Å². The van der Waals surface area contributed by atoms with Crippen molar-refractivity contribution in [2.24, 2.45) is 11.3 Å². The topological polar surface area (TPSA) is 52.2 Å². The molecule has 1 aromatic rings. The van der Waals surface area contributed by atoms with E-state index in [0.29, 0.717) is 17.2 Å². The van der Waals surface area contributed by atoms with Crippen LogP contribution in [-0.2, 0) is 11.3 Å². The predicted octanol–water partition coefficient (Wildman–Crippen LogP) is 2.66. The number of aromatic nitrogens is 2. The lowest BCUT2D eigenvalue weighted by Gasteiger charge is -2.48. The summed E-state index contributed by atoms with van der Waals surface area (Å²) in [6, 6.07) is 0. The zero-order chi connectivity index (χ0) is 16.3. The lowest BCUT2D eigenvalue weighted by atomic mass is 9.73. The molecule has 2 aliphatic rings. The summed E-state index contributed by atoms with van der Waals surface area (Å²) in [6.07, 6.45) is 9.09. The summed E-state index contributed by atoms with van der Waals surface area (Å²) in [7, 11) is 0. The molecule has 5 nitrogen and oxygen atoms in total. The van der Waals surface area contributed by atoms with Crippen molar-refractivity contribution in [3.8, 4) is 0 Å². The molecule has 3 heterocycles. The van der Waals surface area contributed by atoms with Gasteiger partial charge in [0.25, 0.3) is 0 Å². The van der Waals surface area contributed by atoms with Crippen LogP contribution in [0.25, 0.3) is 0 Å². The number of H-pyrrole nitrogens is 1. The van der Waals surface area contributed by atoms with Gasteiger partial charge >= 0.3 is 0 Å². The first kappa shape index (κ1) is 16.5. The fourth-order valence-corrected chi connectivity index (χ4v) is 4.09. The molecule has 0 aliphatic carbocycles. The molecule has 1 amide bonds. The third-order valence-electron chi connectivity index (χ3n) is 5.39. The first-order chi connectivity index (χ1) is 11.1. The SMILES string of the molecule is CC(C)CCN1CC2(CCCN(Cc3ncc[nH]3)C2)CCC1=O. The lowest BCUT2D eigenvalue weighted by Crippen LogP contribution is -2.54. The summed E-state index contributed by atoms with van der Waals surface area (Å²) in [6.45, 7) is 9.48. The summed E-state index contributed by atoms with van der Waals surface area (Å²) in [5.41, 5.74) is 0.301. The van der Waals surface area contributed by atoms with Gasteiger partial charge in [-0.25, -0.2) is 4.98 Å². The number of nitrogens with one attached hydrogen (secondary N) is 1. The molecule has 0 aromatic carbocycles. The van der Waals surface area contributed by atoms with Gasteiger partial charge in [0.15, 0.2) is 0 Å². The van der Waals surface area contributed by atoms with Gasteiger partial charge in [-0.3, -0.25) is 9.69 Å². The number of rotatable bonds is 5. The minimum Gasteiger partial charge on any atom is -0.348 e. The van der Waals surface area contributed by atoms with Gasteiger partial charge < -0.3 is 9.88 Å². The molecule has 1 spiro atoms. The Morgan fingerprint density at radius 2 is 2.22 bits per heavy atom. The molecule has 23 heavy (non-hydrogen) atoms. The fraction of sp³-hybridized carbons (Fsp3) is 0.778. The smallest absolute Gasteiger partial charge is 0.222 e. The van der Waals surface area contributed by atoms with E-state index in [-0.39, 0.29) is 0 Å². The average molecular weight is 318 g/mol. The van der Waals surface area contributed by atoms with Gasteiger partial charge in [-0.1, -0.05) is 13.8 Å². The molecule has 2 fully saturated rings. The summed E-state index contributed by atoms with van der Waals surface area (Å²) in [5, 5.41) is 0. The quantitative estimate of drug-likeness (QED) is 0.908. The molecule has 1 aromatic heterocycles. The lowest BCUT2D eigenvalue weighted by molar-refractivity contribution is -0.139. The van der Waals surface area contributed by atoms with Crippen LogP contribution in [0.3, 0.4) is 0 Å². The summed E-state index contributed by atoms with van der Waals surface area (Å²) < 4.78 is 0. The average Bonchev–Trinajstić information content (AvgIpc) is 3.02. The summed E-state index contributed by atoms with van der Waals surface area (Å²) in [4.78, 5) is 24.5. The van der Waals surface area contributed by atoms with Crippen molar-refractivity contribution in [1.82, 2.24) is 19.8 Å². The van der Waals surface area contributed by atoms with E-state index in [4.69, 9.17) is 0 Å². The maximum absolute atomic E-state index is 12.3. The van der Waals surface area contributed by atoms with Crippen molar-refractivity contribution in [1.29, 1.82) is 0 Å². The second kappa shape index (κ2) is 7.04. The van der Waals surface area contributed by atoms with E-state index in [9.17, 15) is 4.79 Å². The van der Waals surface area contributed by atoms with Crippen LogP contribution in [0.2, 0.25) is 0 Å². The van der Waals surface area contributed by atoms with Crippen LogP contribution in [0.5, 0.6) is 0 Å². The number of likely N-dealkylation sites (tertiary alicyclic amines) is 2. The van der Waals surface area contributed by atoms with E-state index in [1.165, 1.54) is 12.8 Å². The fourth-order valence-electron chi connectivity index (χ4n) is 4.09. The Hall–Kier alpha value is -1.36. The summed E-state index contributed by atoms with van der Waals surface area (Å²) in [5.74, 6) is 2.06. The van der Waals surface area contributed by atoms with Crippen LogP contribution in [-0.4, -0.2) is 51.9 Å². The predicted molar refractivity (Wildman–Crippen MR) is 90.8 cm³/mol. The van der Waals surface area contributed by atoms with Crippen molar-refractivity contribution in [2.45, 2.75) is 52.5 Å². The Balaban J connectivity index is 1.61. The van der Waals surface area contributed by atoms with E-state index in [1.807, 2.05) is 12.4 Å². The first-order valence-electron chi connectivity index (χ1n) is 9.05. The van der Waals surface area contributed by atoms with Crippen molar-refractivity contribution >= 4 is 5.91 Å². The highest BCUT2D eigenvalue weighted by atomic mass is 16.2. The molecule has 0 saturated carbocycles. The Labute approximate surface area is 139 Å². The number of piperidine rings is 2. The Morgan fingerprint density at radius 3 is 2.96 bits per heavy atom. The standard InChI is InChI=1S/C18H30N4O/c1-15(2)5-11-22-14-18(7-4-17(22)23)6-3-10-21(13-18)12-16-19-8-9-20-16/h8-9,15H,3-7,10-14H2,1-2H3,(H,19,20). The highest BCUT2D eigenvalue weighted by Crippen LogP contribution is 2.39. The van der Waals surface area contributed by atoms with E-state index in [1.54, 1.807) is 0 Å². The number of hydrogen-bond acceptors (Lipinski definition) is 3. The third-order valence-corrected chi connectivity index (χ3v) is 5.39. The molecule has 1 atom stereocenters. The molecule has 2 aliphatic heterocycles. The molecular formula is C18H30N4O. The molecule has 5 heteroatoms. The molecule has 1 N–H and O–H groups in total. The van der Waals surface area contributed by atoms with Crippen LogP contribution in [0, 0.1) is 11.3 Å². The number of nitrogens with zero attached hydrogens (tertiary/aromatic N) is 3. The van der Waals surface area contributed by atoms with Crippen LogP contribution < -0.4 is 0 Å². The van der Waals surface area contributed by atoms with E-state index in [2.05, 4.69) is 33.6 Å². The highest BCUT2D eigenvalue weighted by molar-refractivity contribution is 5.77. The second-order valence-electron chi connectivity index (χ2n) is 7.85. The Morgan fingerprint density at radius 1 is 1.35 bits per heavy atom. The molecular weight excluding hydrogens is 288 g/mol. The second-order valence-corrected chi connectivity index (χ2v) is 7.85. The molecule has 3 rings (SSSR count). The zero-order valence-electron chi connectivity index (χ0n) is 14.6. The van der Waals surface area contributed by atoms with Gasteiger partial charge in [0.1, 0.15) is 5.82 Å². The monoisotopic (exact) mass is 318 g/mol. The van der Waals surface area contributed by atoms with Gasteiger partial charge in [0.2, 0.25) is 5.91 Å². The van der Waals surface area contributed by atoms with Gasteiger partial charge in [0, 0.05) is 43.9 Å². The minimum absolute atomic E-state index is 0.301. The van der Waals surface area contributed by atoms with Crippen LogP contribution in [0.1, 0.15) is 51.8 Å². The van der Waals surface area contributed by atoms with E-state index < -0.39 is 0 Å². The van der Waals surface area contributed by atoms with Crippen molar-refractivity contribution in [3.05, 3.63) is 18.2 Å². The van der Waals surface area contributed by atoms with Crippen molar-refractivity contribution < 1.29 is 4.79 Å². The summed E-state index contributed by atoms with van der Waals surface area (Å²) >= 11 is 0. The number of aromatic amines is 1. The van der Waals surface area contributed by atoms with E-state index in [0.717, 1.165) is 57.8 Å². The molecule has 0 bridgehead atoms. The van der Waals surface area contributed by atoms with Crippen molar-refractivity contribution in [3.63, 3.8) is 0 Å². The largest absolute Gasteiger partial charge is 0.348 e. The maximum atomic E-state index is 12.3. The first-order valence-corrected chi connectivity index (χ1v) is 9.05. The molecule has 128 valence electrons. The third kappa shape index (κ3) is 4.14. The molecule has 1 unspecified atom stereocenters. The van der Waals surface area contributed by atoms with Gasteiger partial charge in [-0.15, -0.1) is 0 Å². The Kier molecular flexibility index (Phi) is 5.05. The number of carbonyl (C=O) groups excluding carboxylic acids is 1. The van der Waals surface area contributed by atoms with Crippen LogP contribution in [0.4, 0.5) is 0 Å². The molecule has 2 saturated heterocycles. The van der Waals surface area contributed by atoms with Gasteiger partial charge in [-0.05, 0) is 38.1 Å².